The lowest BCUT2D eigenvalue weighted by molar-refractivity contribution is -0.133. The number of halogens is 1. The number of benzene rings is 1. The maximum atomic E-state index is 15.2. The highest BCUT2D eigenvalue weighted by molar-refractivity contribution is 6.01. The van der Waals surface area contributed by atoms with Gasteiger partial charge in [-0.15, -0.1) is 0 Å². The van der Waals surface area contributed by atoms with Gasteiger partial charge in [-0.1, -0.05) is 12.1 Å². The number of nitrogens with zero attached hydrogens (tertiary/aromatic N) is 9. The summed E-state index contributed by atoms with van der Waals surface area (Å²) in [5.41, 5.74) is 5.94. The van der Waals surface area contributed by atoms with Gasteiger partial charge in [0, 0.05) is 113 Å². The van der Waals surface area contributed by atoms with Crippen LogP contribution in [0, 0.1) is 11.7 Å². The summed E-state index contributed by atoms with van der Waals surface area (Å²) in [5.74, 6) is 0.701. The van der Waals surface area contributed by atoms with Crippen molar-refractivity contribution in [3.63, 3.8) is 0 Å². The van der Waals surface area contributed by atoms with Crippen LogP contribution < -0.4 is 20.4 Å². The van der Waals surface area contributed by atoms with Crippen LogP contribution in [0.1, 0.15) is 99.8 Å². The lowest BCUT2D eigenvalue weighted by atomic mass is 9.88. The van der Waals surface area contributed by atoms with Gasteiger partial charge in [0.1, 0.15) is 23.1 Å². The molecule has 370 valence electrons. The molecule has 0 radical (unpaired) electrons. The van der Waals surface area contributed by atoms with E-state index in [9.17, 15) is 19.2 Å². The fourth-order valence-electron chi connectivity index (χ4n) is 10.5. The normalized spacial score (nSPS) is 19.6. The van der Waals surface area contributed by atoms with E-state index < -0.39 is 29.5 Å². The smallest absolute Gasteiger partial charge is 0.415 e. The average Bonchev–Trinajstić information content (AvgIpc) is 3.70. The van der Waals surface area contributed by atoms with Crippen molar-refractivity contribution < 1.29 is 28.3 Å². The molecule has 4 aliphatic rings. The summed E-state index contributed by atoms with van der Waals surface area (Å²) >= 11 is 0. The number of anilines is 3. The number of pyridine rings is 3. The van der Waals surface area contributed by atoms with Crippen LogP contribution in [0.4, 0.5) is 26.5 Å². The number of hydrogen-bond acceptors (Lipinski definition) is 12. The number of fused-ring (bicyclic) bond motifs is 1. The first-order valence-electron chi connectivity index (χ1n) is 24.8. The average molecular weight is 956 g/mol. The lowest BCUT2D eigenvalue weighted by Gasteiger charge is -2.39. The third kappa shape index (κ3) is 10.8. The van der Waals surface area contributed by atoms with Crippen molar-refractivity contribution in [1.82, 2.24) is 39.5 Å². The number of carbonyl (C=O) groups is 4. The first-order valence-corrected chi connectivity index (χ1v) is 24.8. The molecule has 0 bridgehead atoms. The van der Waals surface area contributed by atoms with Crippen molar-refractivity contribution in [3.8, 4) is 11.1 Å². The summed E-state index contributed by atoms with van der Waals surface area (Å²) in [6.45, 7) is 15.1. The quantitative estimate of drug-likeness (QED) is 0.127. The number of nitrogens with one attached hydrogen (secondary N) is 2. The summed E-state index contributed by atoms with van der Waals surface area (Å²) in [6, 6.07) is 17.4. The Bertz CT molecular complexity index is 2700. The second-order valence-corrected chi connectivity index (χ2v) is 20.5. The summed E-state index contributed by atoms with van der Waals surface area (Å²) in [4.78, 5) is 74.1. The Hall–Kier alpha value is -6.46. The predicted molar refractivity (Wildman–Crippen MR) is 268 cm³/mol. The largest absolute Gasteiger partial charge is 0.443 e. The maximum Gasteiger partial charge on any atom is 0.415 e. The molecule has 2 unspecified atom stereocenters. The van der Waals surface area contributed by atoms with Gasteiger partial charge in [-0.2, -0.15) is 0 Å². The minimum Gasteiger partial charge on any atom is -0.443 e. The summed E-state index contributed by atoms with van der Waals surface area (Å²) in [7, 11) is 3.75. The van der Waals surface area contributed by atoms with Crippen LogP contribution in [0.2, 0.25) is 0 Å². The predicted octanol–water partition coefficient (Wildman–Crippen LogP) is 7.37. The standard InChI is InChI=1S/C53H66FN11O5/c1-34(45-30-42-41(15-20-55-48(42)60(45)5)39-11-13-46(56-31-39)61(6)52(69)70-53(2,3)4)63-23-18-37(19-24-63)36-7-9-38(10-8-36)51(68)65-21-16-35(17-22-65)33-62-25-27-64(28-26-62)49-43(54)29-40(32-57-49)58-44-12-14-47(66)59-50(44)67/h7-11,13,15,20,29-32,34-35,37,44,58H,12,14,16-19,21-28,33H2,1-6H3,(H,59,66,67). The Kier molecular flexibility index (Phi) is 14.2. The van der Waals surface area contributed by atoms with E-state index in [4.69, 9.17) is 9.72 Å². The molecule has 4 aliphatic heterocycles. The molecular weight excluding hydrogens is 890 g/mol. The molecule has 17 heteroatoms. The highest BCUT2D eigenvalue weighted by Gasteiger charge is 2.31. The molecule has 4 amide bonds. The van der Waals surface area contributed by atoms with Crippen molar-refractivity contribution in [2.75, 3.05) is 81.1 Å². The molecule has 8 heterocycles. The third-order valence-corrected chi connectivity index (χ3v) is 14.7. The zero-order valence-corrected chi connectivity index (χ0v) is 41.3. The molecule has 1 aromatic carbocycles. The van der Waals surface area contributed by atoms with Gasteiger partial charge in [0.05, 0.1) is 11.9 Å². The van der Waals surface area contributed by atoms with Crippen LogP contribution >= 0.6 is 0 Å². The van der Waals surface area contributed by atoms with Crippen LogP contribution in [0.25, 0.3) is 22.2 Å². The van der Waals surface area contributed by atoms with E-state index in [1.54, 1.807) is 19.4 Å². The first-order chi connectivity index (χ1) is 33.6. The highest BCUT2D eigenvalue weighted by atomic mass is 19.1. The summed E-state index contributed by atoms with van der Waals surface area (Å²) in [6.07, 6.45) is 9.32. The van der Waals surface area contributed by atoms with Gasteiger partial charge in [-0.25, -0.2) is 24.1 Å². The molecular formula is C53H66FN11O5. The molecule has 4 aromatic heterocycles. The zero-order chi connectivity index (χ0) is 49.3. The third-order valence-electron chi connectivity index (χ3n) is 14.7. The molecule has 0 aliphatic carbocycles. The second-order valence-electron chi connectivity index (χ2n) is 20.5. The van der Waals surface area contributed by atoms with Gasteiger partial charge in [0.15, 0.2) is 11.6 Å². The number of aromatic nitrogens is 4. The maximum absolute atomic E-state index is 15.2. The van der Waals surface area contributed by atoms with E-state index in [1.807, 2.05) is 67.1 Å². The SMILES string of the molecule is CC(c1cc2c(-c3ccc(N(C)C(=O)OC(C)(C)C)nc3)ccnc2n1C)N1CCC(c2ccc(C(=O)N3CCC(CN4CCN(c5ncc(NC6CCC(=O)NC6=O)cc5F)CC4)CC3)cc2)CC1. The number of likely N-dealkylation sites (tertiary alicyclic amines) is 2. The summed E-state index contributed by atoms with van der Waals surface area (Å²) < 4.78 is 22.9. The molecule has 2 N–H and O–H groups in total. The van der Waals surface area contributed by atoms with Crippen LogP contribution in [0.3, 0.4) is 0 Å². The van der Waals surface area contributed by atoms with E-state index in [-0.39, 0.29) is 24.3 Å². The number of piperidine rings is 3. The van der Waals surface area contributed by atoms with E-state index in [0.717, 1.165) is 99.2 Å². The van der Waals surface area contributed by atoms with Crippen molar-refractivity contribution in [3.05, 3.63) is 95.8 Å². The number of amides is 4. The second kappa shape index (κ2) is 20.5. The number of carbonyl (C=O) groups excluding carboxylic acids is 4. The van der Waals surface area contributed by atoms with E-state index in [2.05, 4.69) is 67.1 Å². The van der Waals surface area contributed by atoms with Gasteiger partial charge >= 0.3 is 6.09 Å². The van der Waals surface area contributed by atoms with E-state index in [0.29, 0.717) is 48.7 Å². The van der Waals surface area contributed by atoms with E-state index in [1.165, 1.54) is 22.2 Å². The molecule has 4 saturated heterocycles. The highest BCUT2D eigenvalue weighted by Crippen LogP contribution is 2.37. The summed E-state index contributed by atoms with van der Waals surface area (Å²) in [5, 5.41) is 6.37. The molecule has 4 fully saturated rings. The molecule has 0 saturated carbocycles. The molecule has 70 heavy (non-hydrogen) atoms. The number of aryl methyl sites for hydroxylation is 1. The molecule has 9 rings (SSSR count). The minimum atomic E-state index is -0.599. The number of rotatable bonds is 11. The number of piperazine rings is 1. The molecule has 0 spiro atoms. The molecule has 2 atom stereocenters. The van der Waals surface area contributed by atoms with Crippen molar-refractivity contribution in [2.24, 2.45) is 13.0 Å². The van der Waals surface area contributed by atoms with Crippen LogP contribution in [-0.2, 0) is 21.4 Å². The fourth-order valence-corrected chi connectivity index (χ4v) is 10.5. The zero-order valence-electron chi connectivity index (χ0n) is 41.3. The van der Waals surface area contributed by atoms with Gasteiger partial charge in [-0.05, 0) is 132 Å². The van der Waals surface area contributed by atoms with E-state index >= 15 is 4.39 Å². The monoisotopic (exact) mass is 956 g/mol. The van der Waals surface area contributed by atoms with Crippen molar-refractivity contribution >= 4 is 52.2 Å². The molecule has 5 aromatic rings. The van der Waals surface area contributed by atoms with Gasteiger partial charge in [-0.3, -0.25) is 34.4 Å². The van der Waals surface area contributed by atoms with Crippen LogP contribution in [0.5, 0.6) is 0 Å². The Labute approximate surface area is 409 Å². The van der Waals surface area contributed by atoms with Crippen LogP contribution in [-0.4, -0.2) is 136 Å². The lowest BCUT2D eigenvalue weighted by Crippen LogP contribution is -2.49. The number of imide groups is 1. The number of ether oxygens (including phenoxy) is 1. The Balaban J connectivity index is 0.720. The van der Waals surface area contributed by atoms with Gasteiger partial charge in [0.2, 0.25) is 11.8 Å². The Morgan fingerprint density at radius 2 is 1.61 bits per heavy atom. The minimum absolute atomic E-state index is 0.0989. The Morgan fingerprint density at radius 1 is 0.886 bits per heavy atom. The van der Waals surface area contributed by atoms with Crippen molar-refractivity contribution in [2.45, 2.75) is 89.8 Å². The molecule has 16 nitrogen and oxygen atoms in total. The fraction of sp³-hybridized carbons (Fsp3) is 0.491. The Morgan fingerprint density at radius 3 is 2.27 bits per heavy atom. The van der Waals surface area contributed by atoms with Gasteiger partial charge in [0.25, 0.3) is 5.91 Å². The first kappa shape index (κ1) is 48.6. The van der Waals surface area contributed by atoms with Crippen LogP contribution in [0.15, 0.2) is 73.2 Å². The topological polar surface area (TPSA) is 161 Å². The van der Waals surface area contributed by atoms with Crippen molar-refractivity contribution in [1.29, 1.82) is 0 Å². The number of hydrogen-bond donors (Lipinski definition) is 2. The van der Waals surface area contributed by atoms with Gasteiger partial charge < -0.3 is 24.4 Å².